The maximum absolute atomic E-state index is 13.6. The number of nitrogens with two attached hydrogens (primary N) is 1. The topological polar surface area (TPSA) is 98.9 Å². The van der Waals surface area contributed by atoms with E-state index in [9.17, 15) is 14.4 Å². The summed E-state index contributed by atoms with van der Waals surface area (Å²) >= 11 is 6.59. The third-order valence-corrected chi connectivity index (χ3v) is 7.40. The smallest absolute Gasteiger partial charge is 0.255 e. The second kappa shape index (κ2) is 8.70. The number of ether oxygens (including phenoxy) is 2. The van der Waals surface area contributed by atoms with E-state index in [1.807, 2.05) is 7.05 Å². The normalized spacial score (nSPS) is 21.6. The molecule has 0 saturated heterocycles. The van der Waals surface area contributed by atoms with Crippen molar-refractivity contribution in [1.82, 2.24) is 4.90 Å². The van der Waals surface area contributed by atoms with Gasteiger partial charge in [0.25, 0.3) is 5.91 Å². The van der Waals surface area contributed by atoms with E-state index in [0.717, 1.165) is 24.2 Å². The third kappa shape index (κ3) is 4.58. The Morgan fingerprint density at radius 3 is 2.00 bits per heavy atom. The van der Waals surface area contributed by atoms with Crippen molar-refractivity contribution in [2.45, 2.75) is 59.3 Å². The van der Waals surface area contributed by atoms with Gasteiger partial charge >= 0.3 is 0 Å². The van der Waals surface area contributed by atoms with Gasteiger partial charge in [0.05, 0.1) is 12.1 Å². The summed E-state index contributed by atoms with van der Waals surface area (Å²) in [6.45, 7) is 8.05. The number of rotatable bonds is 5. The first-order valence-corrected chi connectivity index (χ1v) is 12.2. The molecule has 0 aromatic heterocycles. The number of primary amides is 1. The molecule has 1 aromatic carbocycles. The quantitative estimate of drug-likeness (QED) is 0.637. The number of methoxy groups -OCH3 is 1. The van der Waals surface area contributed by atoms with Crippen LogP contribution in [0.1, 0.15) is 64.9 Å². The molecule has 7 nitrogen and oxygen atoms in total. The summed E-state index contributed by atoms with van der Waals surface area (Å²) < 4.78 is 11.0. The van der Waals surface area contributed by atoms with Crippen molar-refractivity contribution >= 4 is 29.1 Å². The Kier molecular flexibility index (Phi) is 6.29. The summed E-state index contributed by atoms with van der Waals surface area (Å²) in [6.07, 6.45) is 2.28. The molecular weight excluding hydrogens is 468 g/mol. The summed E-state index contributed by atoms with van der Waals surface area (Å²) in [5.41, 5.74) is 8.79. The summed E-state index contributed by atoms with van der Waals surface area (Å²) in [4.78, 5) is 40.5. The predicted octanol–water partition coefficient (Wildman–Crippen LogP) is 4.53. The van der Waals surface area contributed by atoms with Gasteiger partial charge in [0, 0.05) is 48.3 Å². The molecule has 0 spiro atoms. The average molecular weight is 501 g/mol. The highest BCUT2D eigenvalue weighted by Gasteiger charge is 2.48. The third-order valence-electron chi connectivity index (χ3n) is 7.12. The van der Waals surface area contributed by atoms with Crippen LogP contribution < -0.4 is 15.2 Å². The molecule has 1 heterocycles. The highest BCUT2D eigenvalue weighted by atomic mass is 35.5. The molecule has 0 radical (unpaired) electrons. The second-order valence-electron chi connectivity index (χ2n) is 11.4. The molecule has 8 heteroatoms. The van der Waals surface area contributed by atoms with Crippen LogP contribution in [0.3, 0.4) is 0 Å². The molecule has 4 rings (SSSR count). The molecule has 0 unspecified atom stereocenters. The van der Waals surface area contributed by atoms with Crippen molar-refractivity contribution in [2.75, 3.05) is 20.8 Å². The van der Waals surface area contributed by atoms with Gasteiger partial charge in [-0.15, -0.1) is 0 Å². The van der Waals surface area contributed by atoms with Gasteiger partial charge in [-0.05, 0) is 41.4 Å². The number of hydrogen-bond donors (Lipinski definition) is 1. The number of halogens is 1. The molecule has 1 aromatic rings. The minimum atomic E-state index is -0.641. The highest BCUT2D eigenvalue weighted by molar-refractivity contribution is 6.32. The van der Waals surface area contributed by atoms with E-state index >= 15 is 0 Å². The number of allylic oxidation sites excluding steroid dienone is 4. The number of amides is 1. The van der Waals surface area contributed by atoms with Crippen molar-refractivity contribution in [2.24, 2.45) is 16.6 Å². The van der Waals surface area contributed by atoms with E-state index in [-0.39, 0.29) is 39.8 Å². The molecular formula is C27H33ClN2O5. The lowest BCUT2D eigenvalue weighted by Crippen LogP contribution is -2.43. The zero-order chi connectivity index (χ0) is 25.9. The van der Waals surface area contributed by atoms with Crippen LogP contribution in [-0.4, -0.2) is 43.1 Å². The van der Waals surface area contributed by atoms with E-state index in [2.05, 4.69) is 32.6 Å². The minimum Gasteiger partial charge on any atom is -0.493 e. The summed E-state index contributed by atoms with van der Waals surface area (Å²) in [5, 5.41) is 0.219. The summed E-state index contributed by atoms with van der Waals surface area (Å²) in [5.74, 6) is -0.592. The fourth-order valence-electron chi connectivity index (χ4n) is 5.69. The molecule has 0 atom stereocenters. The van der Waals surface area contributed by atoms with Crippen LogP contribution in [-0.2, 0) is 14.4 Å². The zero-order valence-corrected chi connectivity index (χ0v) is 22.0. The fraction of sp³-hybridized carbons (Fsp3) is 0.519. The Hall–Kier alpha value is -2.80. The summed E-state index contributed by atoms with van der Waals surface area (Å²) in [7, 11) is 3.44. The lowest BCUT2D eigenvalue weighted by Gasteiger charge is -2.48. The lowest BCUT2D eigenvalue weighted by molar-refractivity contribution is -0.121. The minimum absolute atomic E-state index is 0.0430. The number of Topliss-reactive ketones (excluding diaryl/α,β-unsaturated/α-hetero) is 2. The number of benzene rings is 1. The monoisotopic (exact) mass is 500 g/mol. The fourth-order valence-corrected chi connectivity index (χ4v) is 5.96. The van der Waals surface area contributed by atoms with Crippen molar-refractivity contribution < 1.29 is 23.9 Å². The Bertz CT molecular complexity index is 1140. The molecule has 188 valence electrons. The molecule has 3 aliphatic rings. The number of carbonyl (C=O) groups is 3. The Morgan fingerprint density at radius 1 is 1.03 bits per heavy atom. The Labute approximate surface area is 211 Å². The molecule has 0 fully saturated rings. The van der Waals surface area contributed by atoms with Crippen LogP contribution in [0.25, 0.3) is 0 Å². The van der Waals surface area contributed by atoms with Crippen molar-refractivity contribution in [3.05, 3.63) is 45.3 Å². The van der Waals surface area contributed by atoms with Gasteiger partial charge in [-0.1, -0.05) is 39.3 Å². The van der Waals surface area contributed by atoms with E-state index < -0.39 is 11.8 Å². The first-order valence-electron chi connectivity index (χ1n) is 11.8. The predicted molar refractivity (Wildman–Crippen MR) is 133 cm³/mol. The van der Waals surface area contributed by atoms with Crippen molar-refractivity contribution in [3.63, 3.8) is 0 Å². The van der Waals surface area contributed by atoms with Gasteiger partial charge in [-0.25, -0.2) is 0 Å². The van der Waals surface area contributed by atoms with E-state index in [1.54, 1.807) is 12.1 Å². The van der Waals surface area contributed by atoms with Gasteiger partial charge in [-0.3, -0.25) is 14.4 Å². The average Bonchev–Trinajstić information content (AvgIpc) is 2.72. The second-order valence-corrected chi connectivity index (χ2v) is 11.8. The van der Waals surface area contributed by atoms with Crippen LogP contribution in [0.4, 0.5) is 0 Å². The molecule has 0 saturated carbocycles. The number of hydrogen-bond acceptors (Lipinski definition) is 6. The highest BCUT2D eigenvalue weighted by Crippen LogP contribution is 2.55. The molecule has 1 aliphatic heterocycles. The van der Waals surface area contributed by atoms with Crippen LogP contribution in [0.5, 0.6) is 11.5 Å². The van der Waals surface area contributed by atoms with E-state index in [1.165, 1.54) is 7.11 Å². The Balaban J connectivity index is 1.94. The van der Waals surface area contributed by atoms with Gasteiger partial charge in [-0.2, -0.15) is 0 Å². The maximum atomic E-state index is 13.6. The van der Waals surface area contributed by atoms with Crippen molar-refractivity contribution in [3.8, 4) is 11.5 Å². The first kappa shape index (κ1) is 25.3. The zero-order valence-electron chi connectivity index (χ0n) is 21.2. The molecule has 0 bridgehead atoms. The summed E-state index contributed by atoms with van der Waals surface area (Å²) in [6, 6.07) is 3.44. The molecule has 2 aliphatic carbocycles. The number of carbonyl (C=O) groups excluding carboxylic acids is 3. The van der Waals surface area contributed by atoms with E-state index in [0.29, 0.717) is 35.3 Å². The molecule has 1 amide bonds. The largest absolute Gasteiger partial charge is 0.493 e. The molecule has 35 heavy (non-hydrogen) atoms. The SMILES string of the molecule is COc1cc(C2C3=C(CC(C)(C)CC3=O)N(C)C3=C2C(=O)CC(C)(C)C3)cc(Cl)c1OCC(N)=O. The standard InChI is InChI=1S/C27H33ClN2O5/c1-26(2)9-16-23(18(31)11-26)22(24-17(30(16)5)10-27(3,4)12-19(24)32)14-7-15(28)25(20(8-14)34-6)35-13-21(29)33/h7-8,22H,9-13H2,1-6H3,(H2,29,33). The number of ketones is 2. The molecule has 2 N–H and O–H groups in total. The van der Waals surface area contributed by atoms with Crippen LogP contribution in [0.2, 0.25) is 5.02 Å². The van der Waals surface area contributed by atoms with Gasteiger partial charge in [0.1, 0.15) is 0 Å². The number of nitrogens with zero attached hydrogens (tertiary/aromatic N) is 1. The maximum Gasteiger partial charge on any atom is 0.255 e. The first-order chi connectivity index (χ1) is 16.2. The van der Waals surface area contributed by atoms with Crippen LogP contribution in [0.15, 0.2) is 34.7 Å². The van der Waals surface area contributed by atoms with Gasteiger partial charge in [0.15, 0.2) is 29.7 Å². The van der Waals surface area contributed by atoms with Gasteiger partial charge in [0.2, 0.25) is 0 Å². The van der Waals surface area contributed by atoms with Crippen molar-refractivity contribution in [1.29, 1.82) is 0 Å². The Morgan fingerprint density at radius 2 is 1.54 bits per heavy atom. The van der Waals surface area contributed by atoms with Gasteiger partial charge < -0.3 is 20.1 Å². The lowest BCUT2D eigenvalue weighted by atomic mass is 9.63. The van der Waals surface area contributed by atoms with Crippen LogP contribution >= 0.6 is 11.6 Å². The van der Waals surface area contributed by atoms with Crippen LogP contribution in [0, 0.1) is 10.8 Å². The van der Waals surface area contributed by atoms with E-state index in [4.69, 9.17) is 26.8 Å².